The molecule has 0 saturated carbocycles. The molecule has 1 unspecified atom stereocenters. The van der Waals surface area contributed by atoms with Gasteiger partial charge in [-0.3, -0.25) is 9.59 Å². The molecule has 2 heterocycles. The number of amides is 2. The van der Waals surface area contributed by atoms with Crippen molar-refractivity contribution in [2.75, 3.05) is 13.1 Å². The summed E-state index contributed by atoms with van der Waals surface area (Å²) in [4.78, 5) is 24.4. The van der Waals surface area contributed by atoms with E-state index in [9.17, 15) is 22.8 Å². The highest BCUT2D eigenvalue weighted by Crippen LogP contribution is 2.32. The van der Waals surface area contributed by atoms with Crippen LogP contribution in [0.1, 0.15) is 26.7 Å². The van der Waals surface area contributed by atoms with Gasteiger partial charge in [-0.15, -0.1) is 0 Å². The summed E-state index contributed by atoms with van der Waals surface area (Å²) in [5, 5.41) is 2.48. The second-order valence-electron chi connectivity index (χ2n) is 5.79. The van der Waals surface area contributed by atoms with Crippen LogP contribution in [0.2, 0.25) is 0 Å². The average molecular weight is 294 g/mol. The van der Waals surface area contributed by atoms with E-state index in [1.54, 1.807) is 0 Å². The number of carbonyl (C=O) groups excluding carboxylic acids is 2. The van der Waals surface area contributed by atoms with Crippen molar-refractivity contribution in [1.82, 2.24) is 10.2 Å². The van der Waals surface area contributed by atoms with Gasteiger partial charge in [0.2, 0.25) is 11.8 Å². The molecule has 0 radical (unpaired) electrons. The smallest absolute Gasteiger partial charge is 0.359 e. The number of carbonyl (C=O) groups is 2. The lowest BCUT2D eigenvalue weighted by atomic mass is 10.0. The van der Waals surface area contributed by atoms with E-state index in [2.05, 4.69) is 5.32 Å². The van der Waals surface area contributed by atoms with Crippen molar-refractivity contribution in [2.24, 2.45) is 0 Å². The fourth-order valence-electron chi connectivity index (χ4n) is 2.54. The minimum atomic E-state index is -4.52. The zero-order valence-electron chi connectivity index (χ0n) is 11.3. The lowest BCUT2D eigenvalue weighted by Gasteiger charge is -2.43. The van der Waals surface area contributed by atoms with Crippen LogP contribution >= 0.6 is 0 Å². The van der Waals surface area contributed by atoms with Crippen molar-refractivity contribution in [3.63, 3.8) is 0 Å². The summed E-state index contributed by atoms with van der Waals surface area (Å²) in [7, 11) is 0. The maximum atomic E-state index is 12.8. The molecule has 1 N–H and O–H groups in total. The van der Waals surface area contributed by atoms with Crippen LogP contribution in [-0.2, 0) is 14.3 Å². The van der Waals surface area contributed by atoms with Gasteiger partial charge < -0.3 is 15.0 Å². The zero-order valence-corrected chi connectivity index (χ0v) is 11.3. The summed E-state index contributed by atoms with van der Waals surface area (Å²) in [6.07, 6.45) is -5.96. The molecular formula is C12H17F3N2O3. The minimum absolute atomic E-state index is 0.0742. The fraction of sp³-hybridized carbons (Fsp3) is 0.833. The lowest BCUT2D eigenvalue weighted by molar-refractivity contribution is -0.270. The molecule has 8 heteroatoms. The quantitative estimate of drug-likeness (QED) is 0.779. The maximum absolute atomic E-state index is 12.8. The van der Waals surface area contributed by atoms with Gasteiger partial charge in [-0.05, 0) is 20.3 Å². The number of rotatable bonds is 1. The van der Waals surface area contributed by atoms with E-state index in [-0.39, 0.29) is 18.9 Å². The molecule has 2 atom stereocenters. The number of ether oxygens (including phenoxy) is 1. The number of halogens is 3. The Morgan fingerprint density at radius 2 is 2.10 bits per heavy atom. The van der Waals surface area contributed by atoms with Gasteiger partial charge in [0.05, 0.1) is 12.1 Å². The number of nitrogens with one attached hydrogen (secondary N) is 1. The Morgan fingerprint density at radius 3 is 2.60 bits per heavy atom. The Balaban J connectivity index is 2.10. The minimum Gasteiger partial charge on any atom is -0.359 e. The van der Waals surface area contributed by atoms with Crippen LogP contribution in [-0.4, -0.2) is 53.7 Å². The monoisotopic (exact) mass is 294 g/mol. The predicted octanol–water partition coefficient (Wildman–Crippen LogP) is 0.833. The Morgan fingerprint density at radius 1 is 1.45 bits per heavy atom. The van der Waals surface area contributed by atoms with Crippen LogP contribution in [0.25, 0.3) is 0 Å². The summed E-state index contributed by atoms with van der Waals surface area (Å²) in [5.74, 6) is -0.718. The molecule has 0 aromatic heterocycles. The summed E-state index contributed by atoms with van der Waals surface area (Å²) in [5.41, 5.74) is -1.07. The van der Waals surface area contributed by atoms with Crippen molar-refractivity contribution in [3.8, 4) is 0 Å². The van der Waals surface area contributed by atoms with Gasteiger partial charge in [0, 0.05) is 13.0 Å². The highest BCUT2D eigenvalue weighted by molar-refractivity contribution is 5.90. The van der Waals surface area contributed by atoms with Crippen molar-refractivity contribution in [1.29, 1.82) is 0 Å². The molecule has 0 aromatic rings. The molecule has 114 valence electrons. The SMILES string of the molecule is CC1(C)CN(C(=O)[C@H]2CCC(=O)N2)CC(C(F)(F)F)O1. The number of morpholine rings is 1. The zero-order chi connectivity index (χ0) is 15.1. The van der Waals surface area contributed by atoms with Gasteiger partial charge in [-0.25, -0.2) is 0 Å². The first kappa shape index (κ1) is 15.1. The average Bonchev–Trinajstić information content (AvgIpc) is 2.71. The second kappa shape index (κ2) is 4.91. The van der Waals surface area contributed by atoms with Crippen LogP contribution in [0, 0.1) is 0 Å². The van der Waals surface area contributed by atoms with E-state index in [4.69, 9.17) is 4.74 Å². The van der Waals surface area contributed by atoms with Crippen LogP contribution in [0.4, 0.5) is 13.2 Å². The van der Waals surface area contributed by atoms with Gasteiger partial charge >= 0.3 is 6.18 Å². The first-order valence-corrected chi connectivity index (χ1v) is 6.41. The molecule has 2 fully saturated rings. The van der Waals surface area contributed by atoms with Crippen LogP contribution in [0.3, 0.4) is 0 Å². The molecule has 2 aliphatic rings. The number of hydrogen-bond donors (Lipinski definition) is 1. The first-order chi connectivity index (χ1) is 9.08. The van der Waals surface area contributed by atoms with E-state index >= 15 is 0 Å². The highest BCUT2D eigenvalue weighted by Gasteiger charge is 2.49. The van der Waals surface area contributed by atoms with Crippen molar-refractivity contribution in [2.45, 2.75) is 50.6 Å². The molecule has 2 aliphatic heterocycles. The third-order valence-electron chi connectivity index (χ3n) is 3.39. The molecule has 0 aromatic carbocycles. The molecular weight excluding hydrogens is 277 g/mol. The first-order valence-electron chi connectivity index (χ1n) is 6.41. The molecule has 5 nitrogen and oxygen atoms in total. The van der Waals surface area contributed by atoms with Gasteiger partial charge in [-0.1, -0.05) is 0 Å². The standard InChI is InChI=1S/C12H17F3N2O3/c1-11(2)6-17(5-8(20-11)12(13,14)15)10(19)7-3-4-9(18)16-7/h7-8H,3-6H2,1-2H3,(H,16,18)/t7-,8?/m1/s1. The summed E-state index contributed by atoms with van der Waals surface area (Å²) in [6, 6.07) is -0.717. The summed E-state index contributed by atoms with van der Waals surface area (Å²) in [6.45, 7) is 2.57. The van der Waals surface area contributed by atoms with E-state index in [0.29, 0.717) is 6.42 Å². The maximum Gasteiger partial charge on any atom is 0.416 e. The Kier molecular flexibility index (Phi) is 3.70. The van der Waals surface area contributed by atoms with Crippen LogP contribution < -0.4 is 5.32 Å². The van der Waals surface area contributed by atoms with Gasteiger partial charge in [0.15, 0.2) is 6.10 Å². The molecule has 0 spiro atoms. The Labute approximate surface area is 114 Å². The number of hydrogen-bond acceptors (Lipinski definition) is 3. The third kappa shape index (κ3) is 3.23. The topological polar surface area (TPSA) is 58.6 Å². The second-order valence-corrected chi connectivity index (χ2v) is 5.79. The van der Waals surface area contributed by atoms with E-state index in [1.165, 1.54) is 13.8 Å². The molecule has 2 rings (SSSR count). The lowest BCUT2D eigenvalue weighted by Crippen LogP contribution is -2.60. The van der Waals surface area contributed by atoms with Crippen molar-refractivity contribution >= 4 is 11.8 Å². The third-order valence-corrected chi connectivity index (χ3v) is 3.39. The molecule has 0 aliphatic carbocycles. The molecule has 0 bridgehead atoms. The van der Waals surface area contributed by atoms with E-state index < -0.39 is 36.4 Å². The molecule has 20 heavy (non-hydrogen) atoms. The number of nitrogens with zero attached hydrogens (tertiary/aromatic N) is 1. The van der Waals surface area contributed by atoms with Crippen molar-refractivity contribution in [3.05, 3.63) is 0 Å². The van der Waals surface area contributed by atoms with Gasteiger partial charge in [-0.2, -0.15) is 13.2 Å². The fourth-order valence-corrected chi connectivity index (χ4v) is 2.54. The summed E-state index contributed by atoms with van der Waals surface area (Å²) < 4.78 is 43.5. The largest absolute Gasteiger partial charge is 0.416 e. The van der Waals surface area contributed by atoms with Crippen LogP contribution in [0.5, 0.6) is 0 Å². The van der Waals surface area contributed by atoms with Gasteiger partial charge in [0.1, 0.15) is 6.04 Å². The van der Waals surface area contributed by atoms with E-state index in [0.717, 1.165) is 4.90 Å². The summed E-state index contributed by atoms with van der Waals surface area (Å²) >= 11 is 0. The highest BCUT2D eigenvalue weighted by atomic mass is 19.4. The molecule has 2 saturated heterocycles. The van der Waals surface area contributed by atoms with E-state index in [1.807, 2.05) is 0 Å². The number of alkyl halides is 3. The predicted molar refractivity (Wildman–Crippen MR) is 62.8 cm³/mol. The normalized spacial score (nSPS) is 30.2. The Hall–Kier alpha value is -1.31. The Bertz CT molecular complexity index is 423. The van der Waals surface area contributed by atoms with Crippen molar-refractivity contribution < 1.29 is 27.5 Å². The molecule has 2 amide bonds. The van der Waals surface area contributed by atoms with Crippen LogP contribution in [0.15, 0.2) is 0 Å². The van der Waals surface area contributed by atoms with Gasteiger partial charge in [0.25, 0.3) is 0 Å².